The van der Waals surface area contributed by atoms with E-state index in [0.29, 0.717) is 12.1 Å². The minimum Gasteiger partial charge on any atom is -0.297 e. The van der Waals surface area contributed by atoms with Gasteiger partial charge in [-0.15, -0.1) is 0 Å². The topological polar surface area (TPSA) is 44.1 Å². The Bertz CT molecular complexity index is 451. The molecule has 0 aromatic heterocycles. The van der Waals surface area contributed by atoms with Crippen LogP contribution in [0.25, 0.3) is 0 Å². The summed E-state index contributed by atoms with van der Waals surface area (Å²) in [7, 11) is 1.80. The van der Waals surface area contributed by atoms with Crippen LogP contribution in [0, 0.1) is 24.1 Å². The van der Waals surface area contributed by atoms with Crippen LogP contribution in [0.3, 0.4) is 0 Å². The number of carbonyl (C=O) groups is 1. The number of hydrogen-bond acceptors (Lipinski definition) is 3. The number of ketones is 1. The van der Waals surface area contributed by atoms with Crippen LogP contribution in [0.5, 0.6) is 0 Å². The molecule has 1 aromatic carbocycles. The third-order valence-electron chi connectivity index (χ3n) is 2.40. The summed E-state index contributed by atoms with van der Waals surface area (Å²) in [4.78, 5) is 13.1. The number of hydrogen-bond donors (Lipinski definition) is 0. The van der Waals surface area contributed by atoms with Crippen LogP contribution in [0.15, 0.2) is 18.2 Å². The molecule has 0 saturated carbocycles. The highest BCUT2D eigenvalue weighted by molar-refractivity contribution is 5.82. The van der Waals surface area contributed by atoms with E-state index >= 15 is 0 Å². The van der Waals surface area contributed by atoms with Gasteiger partial charge >= 0.3 is 0 Å². The van der Waals surface area contributed by atoms with Gasteiger partial charge < -0.3 is 0 Å². The zero-order chi connectivity index (χ0) is 12.8. The van der Waals surface area contributed by atoms with Gasteiger partial charge in [0.25, 0.3) is 0 Å². The van der Waals surface area contributed by atoms with Gasteiger partial charge in [0, 0.05) is 6.54 Å². The van der Waals surface area contributed by atoms with Gasteiger partial charge in [0.15, 0.2) is 5.78 Å². The first-order valence-electron chi connectivity index (χ1n) is 5.35. The van der Waals surface area contributed by atoms with Crippen LogP contribution >= 0.6 is 0 Å². The minimum atomic E-state index is -0.225. The van der Waals surface area contributed by atoms with Crippen molar-refractivity contribution >= 4 is 5.78 Å². The zero-order valence-corrected chi connectivity index (χ0v) is 10.0. The average Bonchev–Trinajstić information content (AvgIpc) is 2.23. The van der Waals surface area contributed by atoms with Crippen LogP contribution in [-0.4, -0.2) is 24.3 Å². The summed E-state index contributed by atoms with van der Waals surface area (Å²) in [5.41, 5.74) is 1.55. The molecule has 17 heavy (non-hydrogen) atoms. The molecule has 90 valence electrons. The minimum absolute atomic E-state index is 0.0627. The summed E-state index contributed by atoms with van der Waals surface area (Å²) >= 11 is 0. The predicted molar refractivity (Wildman–Crippen MR) is 62.7 cm³/mol. The second kappa shape index (κ2) is 6.12. The monoisotopic (exact) mass is 234 g/mol. The highest BCUT2D eigenvalue weighted by atomic mass is 19.1. The van der Waals surface area contributed by atoms with Crippen molar-refractivity contribution in [3.05, 3.63) is 35.1 Å². The highest BCUT2D eigenvalue weighted by Gasteiger charge is 2.07. The van der Waals surface area contributed by atoms with Crippen LogP contribution in [0.2, 0.25) is 0 Å². The van der Waals surface area contributed by atoms with Gasteiger partial charge in [-0.05, 0) is 31.2 Å². The molecule has 0 fully saturated rings. The van der Waals surface area contributed by atoms with Crippen molar-refractivity contribution < 1.29 is 9.18 Å². The Kier molecular flexibility index (Phi) is 4.80. The third-order valence-corrected chi connectivity index (χ3v) is 2.40. The van der Waals surface area contributed by atoms with Crippen LogP contribution < -0.4 is 0 Å². The fourth-order valence-electron chi connectivity index (χ4n) is 1.62. The SMILES string of the molecule is Cc1cc(CN(C)CC(=O)CC#N)ccc1F. The lowest BCUT2D eigenvalue weighted by Gasteiger charge is -2.15. The predicted octanol–water partition coefficient (Wildman–Crippen LogP) is 2.05. The van der Waals surface area contributed by atoms with E-state index in [4.69, 9.17) is 5.26 Å². The van der Waals surface area contributed by atoms with Crippen molar-refractivity contribution in [3.8, 4) is 6.07 Å². The Morgan fingerprint density at radius 2 is 2.24 bits per heavy atom. The normalized spacial score (nSPS) is 10.3. The Morgan fingerprint density at radius 1 is 1.53 bits per heavy atom. The smallest absolute Gasteiger partial charge is 0.160 e. The molecule has 0 radical (unpaired) electrons. The fourth-order valence-corrected chi connectivity index (χ4v) is 1.62. The first-order valence-corrected chi connectivity index (χ1v) is 5.35. The van der Waals surface area contributed by atoms with Crippen molar-refractivity contribution in [1.82, 2.24) is 4.90 Å². The number of nitriles is 1. The Labute approximate surface area is 100 Å². The second-order valence-electron chi connectivity index (χ2n) is 4.13. The summed E-state index contributed by atoms with van der Waals surface area (Å²) in [5, 5.41) is 8.38. The first kappa shape index (κ1) is 13.3. The lowest BCUT2D eigenvalue weighted by atomic mass is 10.1. The molecular formula is C13H15FN2O. The number of halogens is 1. The molecule has 1 rings (SSSR count). The lowest BCUT2D eigenvalue weighted by molar-refractivity contribution is -0.119. The molecule has 0 saturated heterocycles. The second-order valence-corrected chi connectivity index (χ2v) is 4.13. The van der Waals surface area contributed by atoms with Crippen molar-refractivity contribution in [1.29, 1.82) is 5.26 Å². The molecule has 0 aliphatic carbocycles. The maximum absolute atomic E-state index is 13.0. The molecule has 0 bridgehead atoms. The number of aryl methyl sites for hydroxylation is 1. The van der Waals surface area contributed by atoms with E-state index in [0.717, 1.165) is 5.56 Å². The number of Topliss-reactive ketones (excluding diaryl/α,β-unsaturated/α-hetero) is 1. The summed E-state index contributed by atoms with van der Waals surface area (Å²) in [6.45, 7) is 2.52. The van der Waals surface area contributed by atoms with Crippen LogP contribution in [0.4, 0.5) is 4.39 Å². The molecule has 0 unspecified atom stereocenters. The maximum Gasteiger partial charge on any atom is 0.160 e. The third kappa shape index (κ3) is 4.33. The quantitative estimate of drug-likeness (QED) is 0.783. The van der Waals surface area contributed by atoms with E-state index < -0.39 is 0 Å². The molecule has 1 aromatic rings. The molecule has 0 N–H and O–H groups in total. The molecule has 3 nitrogen and oxygen atoms in total. The Balaban J connectivity index is 2.56. The number of carbonyl (C=O) groups excluding carboxylic acids is 1. The van der Waals surface area contributed by atoms with E-state index in [1.54, 1.807) is 26.1 Å². The van der Waals surface area contributed by atoms with Crippen molar-refractivity contribution in [2.75, 3.05) is 13.6 Å². The van der Waals surface area contributed by atoms with Gasteiger partial charge in [-0.25, -0.2) is 4.39 Å². The van der Waals surface area contributed by atoms with Crippen LogP contribution in [0.1, 0.15) is 17.5 Å². The zero-order valence-electron chi connectivity index (χ0n) is 10.0. The number of nitrogens with zero attached hydrogens (tertiary/aromatic N) is 2. The van der Waals surface area contributed by atoms with Crippen LogP contribution in [-0.2, 0) is 11.3 Å². The van der Waals surface area contributed by atoms with E-state index in [2.05, 4.69) is 0 Å². The molecule has 0 aliphatic heterocycles. The standard InChI is InChI=1S/C13H15FN2O/c1-10-7-11(3-4-13(10)14)8-16(2)9-12(17)5-6-15/h3-4,7H,5,8-9H2,1-2H3. The molecule has 0 spiro atoms. The molecule has 0 atom stereocenters. The number of likely N-dealkylation sites (N-methyl/N-ethyl adjacent to an activating group) is 1. The first-order chi connectivity index (χ1) is 8.02. The summed E-state index contributed by atoms with van der Waals surface area (Å²) < 4.78 is 13.0. The highest BCUT2D eigenvalue weighted by Crippen LogP contribution is 2.10. The molecule has 0 heterocycles. The molecule has 0 aliphatic rings. The lowest BCUT2D eigenvalue weighted by Crippen LogP contribution is -2.25. The van der Waals surface area contributed by atoms with Crippen molar-refractivity contribution in [3.63, 3.8) is 0 Å². The van der Waals surface area contributed by atoms with E-state index in [-0.39, 0.29) is 24.6 Å². The summed E-state index contributed by atoms with van der Waals surface area (Å²) in [6.07, 6.45) is -0.0627. The van der Waals surface area contributed by atoms with Gasteiger partial charge in [0.1, 0.15) is 5.82 Å². The van der Waals surface area contributed by atoms with Crippen molar-refractivity contribution in [2.45, 2.75) is 19.9 Å². The van der Waals surface area contributed by atoms with Gasteiger partial charge in [0.05, 0.1) is 19.0 Å². The van der Waals surface area contributed by atoms with E-state index in [1.165, 1.54) is 6.07 Å². The maximum atomic E-state index is 13.0. The number of benzene rings is 1. The fraction of sp³-hybridized carbons (Fsp3) is 0.385. The molecule has 4 heteroatoms. The molecule has 0 amide bonds. The molecular weight excluding hydrogens is 219 g/mol. The van der Waals surface area contributed by atoms with E-state index in [9.17, 15) is 9.18 Å². The Morgan fingerprint density at radius 3 is 2.82 bits per heavy atom. The van der Waals surface area contributed by atoms with Gasteiger partial charge in [-0.1, -0.05) is 12.1 Å². The summed E-state index contributed by atoms with van der Waals surface area (Å²) in [6, 6.07) is 6.72. The van der Waals surface area contributed by atoms with Gasteiger partial charge in [-0.2, -0.15) is 5.26 Å². The average molecular weight is 234 g/mol. The van der Waals surface area contributed by atoms with E-state index in [1.807, 2.05) is 11.0 Å². The van der Waals surface area contributed by atoms with Crippen molar-refractivity contribution in [2.24, 2.45) is 0 Å². The summed E-state index contributed by atoms with van der Waals surface area (Å²) in [5.74, 6) is -0.328. The van der Waals surface area contributed by atoms with Gasteiger partial charge in [0.2, 0.25) is 0 Å². The largest absolute Gasteiger partial charge is 0.297 e. The Hall–Kier alpha value is -1.73. The number of rotatable bonds is 5. The van der Waals surface area contributed by atoms with Gasteiger partial charge in [-0.3, -0.25) is 9.69 Å².